The maximum absolute atomic E-state index is 13.9. The molecule has 0 saturated carbocycles. The molecule has 0 radical (unpaired) electrons. The van der Waals surface area contributed by atoms with Crippen LogP contribution in [-0.4, -0.2) is 63.6 Å². The lowest BCUT2D eigenvalue weighted by atomic mass is 9.98. The lowest BCUT2D eigenvalue weighted by molar-refractivity contribution is -0.145. The minimum absolute atomic E-state index is 0.0542. The van der Waals surface area contributed by atoms with Gasteiger partial charge in [-0.15, -0.1) is 16.4 Å². The summed E-state index contributed by atoms with van der Waals surface area (Å²) in [5.74, 6) is -0.0113. The Kier molecular flexibility index (Phi) is 5.33. The number of hydrogen-bond donors (Lipinski definition) is 0. The molecule has 2 fully saturated rings. The van der Waals surface area contributed by atoms with Crippen LogP contribution in [-0.2, 0) is 9.47 Å². The Morgan fingerprint density at radius 3 is 2.97 bits per heavy atom. The van der Waals surface area contributed by atoms with Crippen LogP contribution in [0.5, 0.6) is 0 Å². The molecule has 1 aromatic carbocycles. The van der Waals surface area contributed by atoms with E-state index in [1.54, 1.807) is 17.0 Å². The monoisotopic (exact) mass is 442 g/mol. The summed E-state index contributed by atoms with van der Waals surface area (Å²) in [5, 5.41) is 6.43. The first-order valence-corrected chi connectivity index (χ1v) is 11.3. The van der Waals surface area contributed by atoms with Crippen LogP contribution in [0.4, 0.5) is 4.39 Å². The third-order valence-corrected chi connectivity index (χ3v) is 6.59. The van der Waals surface area contributed by atoms with E-state index in [9.17, 15) is 9.18 Å². The van der Waals surface area contributed by atoms with E-state index in [4.69, 9.17) is 9.47 Å². The minimum Gasteiger partial charge on any atom is -0.378 e. The van der Waals surface area contributed by atoms with Gasteiger partial charge < -0.3 is 14.4 Å². The highest BCUT2D eigenvalue weighted by Crippen LogP contribution is 2.32. The molecule has 2 aromatic heterocycles. The Morgan fingerprint density at radius 2 is 2.26 bits per heavy atom. The average Bonchev–Trinajstić information content (AvgIpc) is 3.53. The summed E-state index contributed by atoms with van der Waals surface area (Å²) >= 11 is 1.49. The fourth-order valence-corrected chi connectivity index (χ4v) is 4.86. The standard InChI is InChI=1S/C22H23FN4O3S/c1-2-17-12-26(13-22(30-17)8-9-29-14-22)21(28)19-24-20(18-7-4-10-31-18)27(25-19)16-6-3-5-15(23)11-16/h3-7,10-11,17H,2,8-9,12-14H2,1H3. The van der Waals surface area contributed by atoms with Gasteiger partial charge >= 0.3 is 0 Å². The van der Waals surface area contributed by atoms with Crippen molar-refractivity contribution < 1.29 is 18.7 Å². The van der Waals surface area contributed by atoms with E-state index in [1.807, 2.05) is 24.4 Å². The smallest absolute Gasteiger partial charge is 0.293 e. The number of morpholine rings is 1. The zero-order chi connectivity index (χ0) is 21.4. The number of benzene rings is 1. The van der Waals surface area contributed by atoms with Crippen LogP contribution < -0.4 is 0 Å². The predicted molar refractivity (Wildman–Crippen MR) is 114 cm³/mol. The number of hydrogen-bond acceptors (Lipinski definition) is 6. The van der Waals surface area contributed by atoms with E-state index >= 15 is 0 Å². The molecule has 1 amide bonds. The normalized spacial score (nSPS) is 23.5. The van der Waals surface area contributed by atoms with Crippen molar-refractivity contribution in [3.8, 4) is 16.4 Å². The lowest BCUT2D eigenvalue weighted by Gasteiger charge is -2.43. The molecule has 3 aromatic rings. The molecule has 9 heteroatoms. The maximum atomic E-state index is 13.9. The number of halogens is 1. The molecule has 162 valence electrons. The van der Waals surface area contributed by atoms with Crippen molar-refractivity contribution in [2.75, 3.05) is 26.3 Å². The van der Waals surface area contributed by atoms with Crippen molar-refractivity contribution in [3.63, 3.8) is 0 Å². The van der Waals surface area contributed by atoms with E-state index in [0.717, 1.165) is 17.7 Å². The third-order valence-electron chi connectivity index (χ3n) is 5.72. The molecule has 2 saturated heterocycles. The highest BCUT2D eigenvalue weighted by atomic mass is 32.1. The van der Waals surface area contributed by atoms with Crippen molar-refractivity contribution in [1.29, 1.82) is 0 Å². The second kappa shape index (κ2) is 8.14. The predicted octanol–water partition coefficient (Wildman–Crippen LogP) is 3.55. The zero-order valence-electron chi connectivity index (χ0n) is 17.2. The summed E-state index contributed by atoms with van der Waals surface area (Å²) in [6.07, 6.45) is 1.51. The van der Waals surface area contributed by atoms with Crippen molar-refractivity contribution in [2.45, 2.75) is 31.5 Å². The molecular formula is C22H23FN4O3S. The van der Waals surface area contributed by atoms with Crippen molar-refractivity contribution in [3.05, 3.63) is 53.4 Å². The van der Waals surface area contributed by atoms with E-state index in [-0.39, 0.29) is 23.7 Å². The Balaban J connectivity index is 1.51. The quantitative estimate of drug-likeness (QED) is 0.618. The molecular weight excluding hydrogens is 419 g/mol. The molecule has 2 aliphatic rings. The summed E-state index contributed by atoms with van der Waals surface area (Å²) in [6.45, 7) is 4.10. The fourth-order valence-electron chi connectivity index (χ4n) is 4.16. The lowest BCUT2D eigenvalue weighted by Crippen LogP contribution is -2.57. The van der Waals surface area contributed by atoms with Gasteiger partial charge in [0.25, 0.3) is 5.91 Å². The summed E-state index contributed by atoms with van der Waals surface area (Å²) in [4.78, 5) is 20.7. The van der Waals surface area contributed by atoms with Gasteiger partial charge in [-0.05, 0) is 36.1 Å². The summed E-state index contributed by atoms with van der Waals surface area (Å²) < 4.78 is 27.2. The van der Waals surface area contributed by atoms with E-state index in [2.05, 4.69) is 10.1 Å². The molecule has 7 nitrogen and oxygen atoms in total. The molecule has 2 aliphatic heterocycles. The zero-order valence-corrected chi connectivity index (χ0v) is 18.0. The van der Waals surface area contributed by atoms with Crippen LogP contribution in [0.25, 0.3) is 16.4 Å². The SMILES string of the molecule is CCC1CN(C(=O)c2nc(-c3cccs3)n(-c3cccc(F)c3)n2)CC2(CCOC2)O1. The summed E-state index contributed by atoms with van der Waals surface area (Å²) in [7, 11) is 0. The maximum Gasteiger partial charge on any atom is 0.293 e. The Labute approximate surface area is 183 Å². The Hall–Kier alpha value is -2.62. The molecule has 2 atom stereocenters. The topological polar surface area (TPSA) is 69.5 Å². The fraction of sp³-hybridized carbons (Fsp3) is 0.409. The molecule has 1 spiro atoms. The minimum atomic E-state index is -0.462. The van der Waals surface area contributed by atoms with Crippen LogP contribution in [0.2, 0.25) is 0 Å². The van der Waals surface area contributed by atoms with Crippen molar-refractivity contribution in [2.24, 2.45) is 0 Å². The van der Waals surface area contributed by atoms with E-state index < -0.39 is 5.60 Å². The van der Waals surface area contributed by atoms with Crippen LogP contribution in [0.15, 0.2) is 41.8 Å². The first-order chi connectivity index (χ1) is 15.1. The number of aromatic nitrogens is 3. The van der Waals surface area contributed by atoms with Gasteiger partial charge in [0.1, 0.15) is 11.4 Å². The molecule has 31 heavy (non-hydrogen) atoms. The van der Waals surface area contributed by atoms with E-state index in [1.165, 1.54) is 28.2 Å². The van der Waals surface area contributed by atoms with Gasteiger partial charge in [0.15, 0.2) is 5.82 Å². The van der Waals surface area contributed by atoms with Crippen molar-refractivity contribution >= 4 is 17.2 Å². The third kappa shape index (κ3) is 3.88. The number of rotatable bonds is 4. The molecule has 0 aliphatic carbocycles. The van der Waals surface area contributed by atoms with Gasteiger partial charge in [-0.25, -0.2) is 14.1 Å². The molecule has 0 N–H and O–H groups in total. The molecule has 0 bridgehead atoms. The molecule has 2 unspecified atom stereocenters. The largest absolute Gasteiger partial charge is 0.378 e. The first kappa shape index (κ1) is 20.3. The average molecular weight is 443 g/mol. The van der Waals surface area contributed by atoms with Gasteiger partial charge in [-0.2, -0.15) is 0 Å². The first-order valence-electron chi connectivity index (χ1n) is 10.4. The van der Waals surface area contributed by atoms with E-state index in [0.29, 0.717) is 37.8 Å². The number of amides is 1. The van der Waals surface area contributed by atoms with Crippen LogP contribution in [0.1, 0.15) is 30.4 Å². The van der Waals surface area contributed by atoms with Gasteiger partial charge in [-0.3, -0.25) is 4.79 Å². The van der Waals surface area contributed by atoms with Crippen molar-refractivity contribution in [1.82, 2.24) is 19.7 Å². The molecule has 5 rings (SSSR count). The van der Waals surface area contributed by atoms with Gasteiger partial charge in [-0.1, -0.05) is 19.1 Å². The second-order valence-electron chi connectivity index (χ2n) is 7.95. The number of carbonyl (C=O) groups is 1. The Bertz CT molecular complexity index is 1080. The van der Waals surface area contributed by atoms with Crippen LogP contribution in [0, 0.1) is 5.82 Å². The summed E-state index contributed by atoms with van der Waals surface area (Å²) in [6, 6.07) is 9.93. The van der Waals surface area contributed by atoms with Crippen LogP contribution in [0.3, 0.4) is 0 Å². The van der Waals surface area contributed by atoms with Gasteiger partial charge in [0.2, 0.25) is 5.82 Å². The second-order valence-corrected chi connectivity index (χ2v) is 8.90. The Morgan fingerprint density at radius 1 is 1.35 bits per heavy atom. The number of carbonyl (C=O) groups excluding carboxylic acids is 1. The number of ether oxygens (including phenoxy) is 2. The van der Waals surface area contributed by atoms with Gasteiger partial charge in [0, 0.05) is 19.6 Å². The highest BCUT2D eigenvalue weighted by molar-refractivity contribution is 7.13. The summed E-state index contributed by atoms with van der Waals surface area (Å²) in [5.41, 5.74) is 0.0556. The highest BCUT2D eigenvalue weighted by Gasteiger charge is 2.45. The van der Waals surface area contributed by atoms with Crippen LogP contribution >= 0.6 is 11.3 Å². The van der Waals surface area contributed by atoms with Gasteiger partial charge in [0.05, 0.1) is 29.8 Å². The number of thiophene rings is 1. The molecule has 4 heterocycles. The number of nitrogens with zero attached hydrogens (tertiary/aromatic N) is 4.